The van der Waals surface area contributed by atoms with Crippen molar-refractivity contribution in [1.29, 1.82) is 10.5 Å². The molecule has 32 heavy (non-hydrogen) atoms. The number of amides is 1. The number of fused-ring (bicyclic) bond motifs is 2. The van der Waals surface area contributed by atoms with E-state index in [0.29, 0.717) is 38.3 Å². The Bertz CT molecular complexity index is 1260. The van der Waals surface area contributed by atoms with Crippen molar-refractivity contribution in [3.63, 3.8) is 0 Å². The van der Waals surface area contributed by atoms with E-state index in [1.807, 2.05) is 12.1 Å². The summed E-state index contributed by atoms with van der Waals surface area (Å²) in [5.74, 6) is -0.0623. The lowest BCUT2D eigenvalue weighted by atomic mass is 9.83. The molecule has 0 spiro atoms. The van der Waals surface area contributed by atoms with Crippen molar-refractivity contribution in [3.8, 4) is 29.4 Å². The van der Waals surface area contributed by atoms with E-state index in [0.717, 1.165) is 0 Å². The summed E-state index contributed by atoms with van der Waals surface area (Å²) in [6.07, 6.45) is 0. The first-order valence-electron chi connectivity index (χ1n) is 9.45. The number of carbonyl (C=O) groups excluding carboxylic acids is 1. The smallest absolute Gasteiger partial charge is 0.265 e. The first-order chi connectivity index (χ1) is 15.5. The van der Waals surface area contributed by atoms with Gasteiger partial charge in [0, 0.05) is 4.90 Å². The van der Waals surface area contributed by atoms with Crippen molar-refractivity contribution in [1.82, 2.24) is 4.90 Å². The molecule has 0 fully saturated rings. The van der Waals surface area contributed by atoms with Crippen LogP contribution in [0.15, 0.2) is 63.3 Å². The molecule has 0 bridgehead atoms. The number of ether oxygens (including phenoxy) is 3. The Morgan fingerprint density at radius 1 is 1.00 bits per heavy atom. The van der Waals surface area contributed by atoms with Crippen molar-refractivity contribution in [2.45, 2.75) is 10.8 Å². The topological polar surface area (TPSA) is 122 Å². The van der Waals surface area contributed by atoms with Crippen LogP contribution in [0.3, 0.4) is 0 Å². The van der Waals surface area contributed by atoms with Crippen LogP contribution in [0.4, 0.5) is 0 Å². The van der Waals surface area contributed by atoms with Crippen molar-refractivity contribution >= 4 is 17.7 Å². The van der Waals surface area contributed by atoms with Gasteiger partial charge in [0.1, 0.15) is 10.9 Å². The van der Waals surface area contributed by atoms with Crippen molar-refractivity contribution in [2.75, 3.05) is 21.3 Å². The van der Waals surface area contributed by atoms with E-state index in [4.69, 9.17) is 19.9 Å². The third-order valence-electron chi connectivity index (χ3n) is 5.32. The normalized spacial score (nSPS) is 17.2. The van der Waals surface area contributed by atoms with Gasteiger partial charge in [-0.2, -0.15) is 10.5 Å². The molecule has 0 saturated carbocycles. The van der Waals surface area contributed by atoms with Gasteiger partial charge < -0.3 is 19.9 Å². The quantitative estimate of drug-likeness (QED) is 0.757. The van der Waals surface area contributed by atoms with Gasteiger partial charge in [-0.05, 0) is 29.8 Å². The summed E-state index contributed by atoms with van der Waals surface area (Å²) in [7, 11) is 4.45. The van der Waals surface area contributed by atoms with Crippen molar-refractivity contribution in [2.24, 2.45) is 5.73 Å². The SMILES string of the molecule is COc1cc([C@@H]2C(C#N)=C(N)N3C(=O)c4ccccc4SC3=C2C#N)cc(OC)c1OC. The van der Waals surface area contributed by atoms with Crippen LogP contribution in [0.25, 0.3) is 0 Å². The number of nitriles is 2. The Hall–Kier alpha value is -4.08. The summed E-state index contributed by atoms with van der Waals surface area (Å²) >= 11 is 1.27. The highest BCUT2D eigenvalue weighted by Crippen LogP contribution is 2.51. The summed E-state index contributed by atoms with van der Waals surface area (Å²) in [6, 6.07) is 14.7. The molecule has 8 nitrogen and oxygen atoms in total. The summed E-state index contributed by atoms with van der Waals surface area (Å²) in [5.41, 5.74) is 7.69. The maximum atomic E-state index is 13.2. The van der Waals surface area contributed by atoms with Gasteiger partial charge >= 0.3 is 0 Å². The summed E-state index contributed by atoms with van der Waals surface area (Å²) in [5, 5.41) is 20.5. The molecule has 1 amide bonds. The number of rotatable bonds is 4. The van der Waals surface area contributed by atoms with Gasteiger partial charge in [-0.15, -0.1) is 0 Å². The van der Waals surface area contributed by atoms with Crippen LogP contribution in [-0.4, -0.2) is 32.1 Å². The van der Waals surface area contributed by atoms with E-state index in [-0.39, 0.29) is 22.9 Å². The molecule has 2 aliphatic heterocycles. The summed E-state index contributed by atoms with van der Waals surface area (Å²) in [4.78, 5) is 15.2. The van der Waals surface area contributed by atoms with Crippen LogP contribution in [0, 0.1) is 22.7 Å². The zero-order valence-corrected chi connectivity index (χ0v) is 18.3. The predicted molar refractivity (Wildman–Crippen MR) is 117 cm³/mol. The van der Waals surface area contributed by atoms with Gasteiger partial charge in [-0.1, -0.05) is 23.9 Å². The molecule has 2 aromatic rings. The fourth-order valence-electron chi connectivity index (χ4n) is 3.86. The third-order valence-corrected chi connectivity index (χ3v) is 6.49. The number of nitrogens with two attached hydrogens (primary N) is 1. The lowest BCUT2D eigenvalue weighted by Gasteiger charge is -2.37. The molecule has 2 heterocycles. The first-order valence-corrected chi connectivity index (χ1v) is 10.3. The number of carbonyl (C=O) groups is 1. The first kappa shape index (κ1) is 21.2. The van der Waals surface area contributed by atoms with Crippen LogP contribution < -0.4 is 19.9 Å². The molecule has 1 atom stereocenters. The van der Waals surface area contributed by atoms with E-state index in [2.05, 4.69) is 12.1 Å². The monoisotopic (exact) mass is 446 g/mol. The minimum atomic E-state index is -0.810. The maximum Gasteiger partial charge on any atom is 0.265 e. The number of methoxy groups -OCH3 is 3. The molecule has 4 rings (SSSR count). The highest BCUT2D eigenvalue weighted by molar-refractivity contribution is 8.03. The molecular formula is C23H18N4O4S. The third kappa shape index (κ3) is 3.03. The van der Waals surface area contributed by atoms with E-state index >= 15 is 0 Å². The number of benzene rings is 2. The standard InChI is InChI=1S/C23H18N4O4S/c1-29-16-8-12(9-17(30-2)20(16)31-3)19-14(10-24)21(26)27-22(28)13-6-4-5-7-18(13)32-23(27)15(19)11-25/h4-9,19H,26H2,1-3H3/t19-/m1/s1. The number of hydrogen-bond donors (Lipinski definition) is 1. The van der Waals surface area contributed by atoms with Crippen molar-refractivity contribution < 1.29 is 19.0 Å². The second kappa shape index (κ2) is 8.22. The number of hydrogen-bond acceptors (Lipinski definition) is 8. The number of thioether (sulfide) groups is 1. The minimum Gasteiger partial charge on any atom is -0.493 e. The average molecular weight is 446 g/mol. The van der Waals surface area contributed by atoms with Crippen molar-refractivity contribution in [3.05, 3.63) is 69.5 Å². The Morgan fingerprint density at radius 2 is 1.62 bits per heavy atom. The summed E-state index contributed by atoms with van der Waals surface area (Å²) < 4.78 is 16.3. The Kier molecular flexibility index (Phi) is 5.43. The lowest BCUT2D eigenvalue weighted by molar-refractivity contribution is 0.0841. The predicted octanol–water partition coefficient (Wildman–Crippen LogP) is 3.49. The highest BCUT2D eigenvalue weighted by atomic mass is 32.2. The Labute approximate surface area is 189 Å². The maximum absolute atomic E-state index is 13.2. The van der Waals surface area contributed by atoms with Gasteiger partial charge in [0.2, 0.25) is 5.75 Å². The molecule has 160 valence electrons. The van der Waals surface area contributed by atoms with E-state index in [1.54, 1.807) is 24.3 Å². The van der Waals surface area contributed by atoms with Crippen LogP contribution in [-0.2, 0) is 0 Å². The fraction of sp³-hybridized carbons (Fsp3) is 0.174. The number of nitrogens with zero attached hydrogens (tertiary/aromatic N) is 3. The zero-order valence-electron chi connectivity index (χ0n) is 17.5. The molecule has 2 N–H and O–H groups in total. The minimum absolute atomic E-state index is 0.00717. The second-order valence-corrected chi connectivity index (χ2v) is 7.90. The number of allylic oxidation sites excluding steroid dienone is 2. The van der Waals surface area contributed by atoms with Crippen LogP contribution in [0.5, 0.6) is 17.2 Å². The van der Waals surface area contributed by atoms with Gasteiger partial charge in [0.05, 0.1) is 56.1 Å². The van der Waals surface area contributed by atoms with Crippen LogP contribution >= 0.6 is 11.8 Å². The average Bonchev–Trinajstić information content (AvgIpc) is 2.82. The van der Waals surface area contributed by atoms with Gasteiger partial charge in [-0.25, -0.2) is 0 Å². The zero-order chi connectivity index (χ0) is 23.0. The van der Waals surface area contributed by atoms with Crippen LogP contribution in [0.2, 0.25) is 0 Å². The van der Waals surface area contributed by atoms with E-state index in [1.165, 1.54) is 38.0 Å². The molecule has 9 heteroatoms. The molecule has 0 radical (unpaired) electrons. The van der Waals surface area contributed by atoms with Crippen LogP contribution in [0.1, 0.15) is 21.8 Å². The molecular weight excluding hydrogens is 428 g/mol. The largest absolute Gasteiger partial charge is 0.493 e. The summed E-state index contributed by atoms with van der Waals surface area (Å²) in [6.45, 7) is 0. The van der Waals surface area contributed by atoms with Gasteiger partial charge in [0.25, 0.3) is 5.91 Å². The molecule has 0 saturated heterocycles. The van der Waals surface area contributed by atoms with E-state index in [9.17, 15) is 15.3 Å². The lowest BCUT2D eigenvalue weighted by Crippen LogP contribution is -2.40. The molecule has 0 aromatic heterocycles. The Balaban J connectivity index is 1.99. The van der Waals surface area contributed by atoms with Gasteiger partial charge in [-0.3, -0.25) is 9.69 Å². The van der Waals surface area contributed by atoms with Gasteiger partial charge in [0.15, 0.2) is 11.5 Å². The van der Waals surface area contributed by atoms with E-state index < -0.39 is 5.92 Å². The second-order valence-electron chi connectivity index (χ2n) is 6.87. The molecule has 2 aromatic carbocycles. The highest BCUT2D eigenvalue weighted by Gasteiger charge is 2.42. The molecule has 2 aliphatic rings. The Morgan fingerprint density at radius 3 is 2.19 bits per heavy atom. The fourth-order valence-corrected chi connectivity index (χ4v) is 5.03. The molecule has 0 aliphatic carbocycles. The molecule has 0 unspecified atom stereocenters.